The van der Waals surface area contributed by atoms with Crippen molar-refractivity contribution in [1.29, 1.82) is 0 Å². The zero-order valence-corrected chi connectivity index (χ0v) is 17.5. The summed E-state index contributed by atoms with van der Waals surface area (Å²) in [6.07, 6.45) is 1.85. The number of amides is 1. The lowest BCUT2D eigenvalue weighted by Crippen LogP contribution is -2.39. The predicted molar refractivity (Wildman–Crippen MR) is 109 cm³/mol. The molecule has 0 saturated carbocycles. The first-order valence-corrected chi connectivity index (χ1v) is 10.5. The summed E-state index contributed by atoms with van der Waals surface area (Å²) < 4.78 is 32.9. The van der Waals surface area contributed by atoms with Gasteiger partial charge in [0, 0.05) is 19.0 Å². The van der Waals surface area contributed by atoms with Crippen molar-refractivity contribution in [3.05, 3.63) is 48.2 Å². The Morgan fingerprint density at radius 1 is 1.21 bits per heavy atom. The van der Waals surface area contributed by atoms with Crippen molar-refractivity contribution < 1.29 is 17.9 Å². The molecule has 0 saturated heterocycles. The van der Waals surface area contributed by atoms with E-state index in [9.17, 15) is 13.2 Å². The van der Waals surface area contributed by atoms with E-state index in [1.807, 2.05) is 13.8 Å². The number of rotatable bonds is 9. The minimum absolute atomic E-state index is 0.0918. The number of anilines is 1. The number of carbonyl (C=O) groups excluding carboxylic acids is 1. The maximum Gasteiger partial charge on any atom is 0.264 e. The smallest absolute Gasteiger partial charge is 0.264 e. The Bertz CT molecular complexity index is 896. The van der Waals surface area contributed by atoms with Crippen LogP contribution in [0.4, 0.5) is 5.69 Å². The lowest BCUT2D eigenvalue weighted by atomic mass is 10.1. The SMILES string of the molecule is COc1ccc(N(CCNC(=O)CC(C)C)S(=O)(=O)c2ccccc2C)cn1. The van der Waals surface area contributed by atoms with E-state index in [4.69, 9.17) is 4.74 Å². The van der Waals surface area contributed by atoms with Gasteiger partial charge in [-0.05, 0) is 30.5 Å². The molecule has 8 heteroatoms. The number of hydrogen-bond donors (Lipinski definition) is 1. The predicted octanol–water partition coefficient (Wildman–Crippen LogP) is 2.76. The second-order valence-electron chi connectivity index (χ2n) is 6.85. The van der Waals surface area contributed by atoms with Crippen LogP contribution < -0.4 is 14.4 Å². The Hall–Kier alpha value is -2.61. The van der Waals surface area contributed by atoms with E-state index in [1.165, 1.54) is 17.6 Å². The molecule has 7 nitrogen and oxygen atoms in total. The van der Waals surface area contributed by atoms with Crippen LogP contribution >= 0.6 is 0 Å². The molecule has 1 heterocycles. The summed E-state index contributed by atoms with van der Waals surface area (Å²) in [6, 6.07) is 10.0. The number of sulfonamides is 1. The van der Waals surface area contributed by atoms with Gasteiger partial charge in [-0.3, -0.25) is 9.10 Å². The number of benzene rings is 1. The molecule has 2 rings (SSSR count). The number of ether oxygens (including phenoxy) is 1. The fraction of sp³-hybridized carbons (Fsp3) is 0.400. The van der Waals surface area contributed by atoms with Crippen LogP contribution in [0, 0.1) is 12.8 Å². The van der Waals surface area contributed by atoms with E-state index in [0.29, 0.717) is 23.6 Å². The highest BCUT2D eigenvalue weighted by Gasteiger charge is 2.26. The van der Waals surface area contributed by atoms with Crippen LogP contribution in [-0.2, 0) is 14.8 Å². The number of pyridine rings is 1. The lowest BCUT2D eigenvalue weighted by Gasteiger charge is -2.25. The molecule has 0 atom stereocenters. The molecular weight excluding hydrogens is 378 g/mol. The van der Waals surface area contributed by atoms with Crippen molar-refractivity contribution in [2.45, 2.75) is 32.1 Å². The van der Waals surface area contributed by atoms with Crippen LogP contribution in [0.1, 0.15) is 25.8 Å². The molecule has 28 heavy (non-hydrogen) atoms. The van der Waals surface area contributed by atoms with Crippen LogP contribution in [0.5, 0.6) is 5.88 Å². The Morgan fingerprint density at radius 3 is 2.50 bits per heavy atom. The van der Waals surface area contributed by atoms with E-state index >= 15 is 0 Å². The van der Waals surface area contributed by atoms with Gasteiger partial charge in [0.1, 0.15) is 0 Å². The summed E-state index contributed by atoms with van der Waals surface area (Å²) in [6.45, 7) is 5.95. The molecular formula is C20H27N3O4S. The molecule has 152 valence electrons. The van der Waals surface area contributed by atoms with E-state index in [1.54, 1.807) is 43.3 Å². The molecule has 0 aliphatic carbocycles. The largest absolute Gasteiger partial charge is 0.481 e. The highest BCUT2D eigenvalue weighted by atomic mass is 32.2. The topological polar surface area (TPSA) is 88.6 Å². The maximum absolute atomic E-state index is 13.3. The van der Waals surface area contributed by atoms with Crippen molar-refractivity contribution in [2.24, 2.45) is 5.92 Å². The third kappa shape index (κ3) is 5.45. The van der Waals surface area contributed by atoms with Crippen LogP contribution in [0.2, 0.25) is 0 Å². The van der Waals surface area contributed by atoms with Crippen molar-refractivity contribution in [1.82, 2.24) is 10.3 Å². The average molecular weight is 406 g/mol. The third-order valence-corrected chi connectivity index (χ3v) is 6.10. The maximum atomic E-state index is 13.3. The second-order valence-corrected chi connectivity index (χ2v) is 8.68. The molecule has 1 aromatic carbocycles. The third-order valence-electron chi connectivity index (χ3n) is 4.11. The number of hydrogen-bond acceptors (Lipinski definition) is 5. The number of aromatic nitrogens is 1. The molecule has 1 N–H and O–H groups in total. The van der Waals surface area contributed by atoms with E-state index < -0.39 is 10.0 Å². The molecule has 0 aliphatic heterocycles. The van der Waals surface area contributed by atoms with Crippen LogP contribution in [0.15, 0.2) is 47.5 Å². The zero-order chi connectivity index (χ0) is 20.7. The van der Waals surface area contributed by atoms with Gasteiger partial charge in [0.15, 0.2) is 0 Å². The number of methoxy groups -OCH3 is 1. The lowest BCUT2D eigenvalue weighted by molar-refractivity contribution is -0.121. The van der Waals surface area contributed by atoms with Gasteiger partial charge >= 0.3 is 0 Å². The molecule has 1 aromatic heterocycles. The van der Waals surface area contributed by atoms with Gasteiger partial charge in [0.25, 0.3) is 10.0 Å². The molecule has 2 aromatic rings. The van der Waals surface area contributed by atoms with Gasteiger partial charge in [0.05, 0.1) is 30.4 Å². The summed E-state index contributed by atoms with van der Waals surface area (Å²) in [5.41, 5.74) is 1.06. The molecule has 0 aliphatic rings. The molecule has 0 unspecified atom stereocenters. The number of carbonyl (C=O) groups is 1. The van der Waals surface area contributed by atoms with Crippen LogP contribution in [-0.4, -0.2) is 39.5 Å². The molecule has 0 spiro atoms. The van der Waals surface area contributed by atoms with Crippen molar-refractivity contribution in [3.63, 3.8) is 0 Å². The molecule has 0 fully saturated rings. The number of nitrogens with one attached hydrogen (secondary N) is 1. The normalized spacial score (nSPS) is 11.3. The number of nitrogens with zero attached hydrogens (tertiary/aromatic N) is 2. The minimum Gasteiger partial charge on any atom is -0.481 e. The zero-order valence-electron chi connectivity index (χ0n) is 16.7. The first-order valence-electron chi connectivity index (χ1n) is 9.10. The fourth-order valence-electron chi connectivity index (χ4n) is 2.73. The summed E-state index contributed by atoms with van der Waals surface area (Å²) in [4.78, 5) is 16.3. The van der Waals surface area contributed by atoms with Crippen LogP contribution in [0.3, 0.4) is 0 Å². The average Bonchev–Trinajstić information content (AvgIpc) is 2.65. The highest BCUT2D eigenvalue weighted by Crippen LogP contribution is 2.25. The van der Waals surface area contributed by atoms with Gasteiger partial charge in [-0.15, -0.1) is 0 Å². The van der Waals surface area contributed by atoms with E-state index in [2.05, 4.69) is 10.3 Å². The standard InChI is InChI=1S/C20H27N3O4S/c1-15(2)13-19(24)21-11-12-23(17-9-10-20(27-4)22-14-17)28(25,26)18-8-6-5-7-16(18)3/h5-10,14-15H,11-13H2,1-4H3,(H,21,24). The van der Waals surface area contributed by atoms with Gasteiger partial charge < -0.3 is 10.1 Å². The highest BCUT2D eigenvalue weighted by molar-refractivity contribution is 7.92. The summed E-state index contributed by atoms with van der Waals surface area (Å²) in [5.74, 6) is 0.524. The molecule has 1 amide bonds. The Morgan fingerprint density at radius 2 is 1.93 bits per heavy atom. The van der Waals surface area contributed by atoms with E-state index in [-0.39, 0.29) is 29.8 Å². The van der Waals surface area contributed by atoms with Crippen molar-refractivity contribution in [3.8, 4) is 5.88 Å². The van der Waals surface area contributed by atoms with Gasteiger partial charge in [0.2, 0.25) is 11.8 Å². The first kappa shape index (κ1) is 21.7. The van der Waals surface area contributed by atoms with Gasteiger partial charge in [-0.1, -0.05) is 32.0 Å². The minimum atomic E-state index is -3.82. The van der Waals surface area contributed by atoms with Crippen molar-refractivity contribution in [2.75, 3.05) is 24.5 Å². The summed E-state index contributed by atoms with van der Waals surface area (Å²) >= 11 is 0. The first-order chi connectivity index (χ1) is 13.3. The second kappa shape index (κ2) is 9.54. The van der Waals surface area contributed by atoms with Gasteiger partial charge in [-0.2, -0.15) is 0 Å². The number of aryl methyl sites for hydroxylation is 1. The quantitative estimate of drug-likeness (QED) is 0.693. The Balaban J connectivity index is 2.30. The summed E-state index contributed by atoms with van der Waals surface area (Å²) in [5, 5.41) is 2.78. The summed E-state index contributed by atoms with van der Waals surface area (Å²) in [7, 11) is -2.33. The Kier molecular flexibility index (Phi) is 7.39. The van der Waals surface area contributed by atoms with Gasteiger partial charge in [-0.25, -0.2) is 13.4 Å². The Labute approximate surface area is 166 Å². The fourth-order valence-corrected chi connectivity index (χ4v) is 4.41. The van der Waals surface area contributed by atoms with Crippen molar-refractivity contribution >= 4 is 21.6 Å². The monoisotopic (exact) mass is 405 g/mol. The molecule has 0 radical (unpaired) electrons. The molecule has 0 bridgehead atoms. The van der Waals surface area contributed by atoms with Crippen LogP contribution in [0.25, 0.3) is 0 Å². The van der Waals surface area contributed by atoms with E-state index in [0.717, 1.165) is 0 Å².